The number of rotatable bonds is 6. The smallest absolute Gasteiger partial charge is 0.253 e. The van der Waals surface area contributed by atoms with Crippen molar-refractivity contribution < 1.29 is 22.7 Å². The second-order valence-corrected chi connectivity index (χ2v) is 10.5. The topological polar surface area (TPSA) is 76.1 Å². The van der Waals surface area contributed by atoms with Crippen LogP contribution in [0.3, 0.4) is 0 Å². The van der Waals surface area contributed by atoms with Crippen LogP contribution in [0.5, 0.6) is 11.5 Å². The predicted molar refractivity (Wildman–Crippen MR) is 122 cm³/mol. The summed E-state index contributed by atoms with van der Waals surface area (Å²) >= 11 is 0. The maximum absolute atomic E-state index is 13.0. The molecule has 0 spiro atoms. The van der Waals surface area contributed by atoms with Gasteiger partial charge in [0.2, 0.25) is 10.0 Å². The monoisotopic (exact) mass is 458 g/mol. The zero-order chi connectivity index (χ0) is 22.7. The minimum atomic E-state index is -3.58. The second-order valence-electron chi connectivity index (χ2n) is 8.52. The molecule has 1 saturated carbocycles. The molecule has 32 heavy (non-hydrogen) atoms. The first-order chi connectivity index (χ1) is 15.4. The van der Waals surface area contributed by atoms with Crippen LogP contribution in [-0.2, 0) is 10.0 Å². The Kier molecular flexibility index (Phi) is 6.71. The van der Waals surface area contributed by atoms with Gasteiger partial charge in [0.15, 0.2) is 17.6 Å². The molecule has 172 valence electrons. The van der Waals surface area contributed by atoms with Gasteiger partial charge in [-0.2, -0.15) is 4.31 Å². The van der Waals surface area contributed by atoms with E-state index in [0.717, 1.165) is 25.7 Å². The number of fused-ring (bicyclic) bond motifs is 1. The Balaban J connectivity index is 1.39. The maximum Gasteiger partial charge on any atom is 0.253 e. The largest absolute Gasteiger partial charge is 0.486 e. The molecule has 1 atom stereocenters. The van der Waals surface area contributed by atoms with Crippen molar-refractivity contribution in [2.24, 2.45) is 0 Å². The summed E-state index contributed by atoms with van der Waals surface area (Å²) in [4.78, 5) is 14.7. The van der Waals surface area contributed by atoms with Gasteiger partial charge in [0.1, 0.15) is 6.61 Å². The van der Waals surface area contributed by atoms with E-state index in [9.17, 15) is 13.2 Å². The van der Waals surface area contributed by atoms with Crippen LogP contribution in [0.25, 0.3) is 0 Å². The van der Waals surface area contributed by atoms with Gasteiger partial charge in [0.25, 0.3) is 5.91 Å². The number of hydrogen-bond acceptors (Lipinski definition) is 5. The summed E-state index contributed by atoms with van der Waals surface area (Å²) in [6.45, 7) is 0.719. The fourth-order valence-electron chi connectivity index (χ4n) is 4.34. The van der Waals surface area contributed by atoms with E-state index in [1.165, 1.54) is 22.9 Å². The summed E-state index contributed by atoms with van der Waals surface area (Å²) in [7, 11) is -0.223. The van der Waals surface area contributed by atoms with Gasteiger partial charge in [-0.25, -0.2) is 8.42 Å². The van der Waals surface area contributed by atoms with Gasteiger partial charge in [-0.05, 0) is 49.2 Å². The van der Waals surface area contributed by atoms with Crippen molar-refractivity contribution in [1.82, 2.24) is 9.21 Å². The summed E-state index contributed by atoms with van der Waals surface area (Å²) in [5.74, 6) is 1.17. The van der Waals surface area contributed by atoms with Crippen LogP contribution in [0.1, 0.15) is 42.5 Å². The van der Waals surface area contributed by atoms with E-state index < -0.39 is 10.0 Å². The van der Waals surface area contributed by atoms with Gasteiger partial charge in [-0.3, -0.25) is 4.79 Å². The number of carbonyl (C=O) groups excluding carboxylic acids is 1. The van der Waals surface area contributed by atoms with Crippen molar-refractivity contribution >= 4 is 15.9 Å². The average Bonchev–Trinajstić information content (AvgIpc) is 2.83. The summed E-state index contributed by atoms with van der Waals surface area (Å²) in [6, 6.07) is 13.7. The van der Waals surface area contributed by atoms with Crippen molar-refractivity contribution in [3.8, 4) is 11.5 Å². The first kappa shape index (κ1) is 22.6. The molecular formula is C24H30N2O5S. The van der Waals surface area contributed by atoms with E-state index in [1.807, 2.05) is 24.3 Å². The van der Waals surface area contributed by atoms with E-state index in [0.29, 0.717) is 30.2 Å². The first-order valence-electron chi connectivity index (χ1n) is 11.1. The zero-order valence-corrected chi connectivity index (χ0v) is 19.4. The number of nitrogens with zero attached hydrogens (tertiary/aromatic N) is 2. The minimum Gasteiger partial charge on any atom is -0.486 e. The number of benzene rings is 2. The lowest BCUT2D eigenvalue weighted by molar-refractivity contribution is 0.0521. The second kappa shape index (κ2) is 9.50. The van der Waals surface area contributed by atoms with Gasteiger partial charge < -0.3 is 14.4 Å². The van der Waals surface area contributed by atoms with Gasteiger partial charge in [0.05, 0.1) is 11.4 Å². The highest BCUT2D eigenvalue weighted by Gasteiger charge is 2.29. The first-order valence-corrected chi connectivity index (χ1v) is 12.5. The normalized spacial score (nSPS) is 19.0. The maximum atomic E-state index is 13.0. The van der Waals surface area contributed by atoms with Crippen LogP contribution < -0.4 is 9.47 Å². The number of para-hydroxylation sites is 2. The van der Waals surface area contributed by atoms with Crippen molar-refractivity contribution in [3.05, 3.63) is 54.1 Å². The van der Waals surface area contributed by atoms with Gasteiger partial charge in [0, 0.05) is 25.7 Å². The highest BCUT2D eigenvalue weighted by atomic mass is 32.2. The number of carbonyl (C=O) groups is 1. The highest BCUT2D eigenvalue weighted by molar-refractivity contribution is 7.89. The molecule has 1 aliphatic heterocycles. The van der Waals surface area contributed by atoms with Crippen LogP contribution in [0.15, 0.2) is 53.4 Å². The molecule has 1 aliphatic carbocycles. The van der Waals surface area contributed by atoms with Crippen molar-refractivity contribution in [2.45, 2.75) is 49.1 Å². The van der Waals surface area contributed by atoms with E-state index in [1.54, 1.807) is 31.1 Å². The zero-order valence-electron chi connectivity index (χ0n) is 18.6. The molecule has 1 amide bonds. The Bertz CT molecular complexity index is 1050. The molecule has 7 nitrogen and oxygen atoms in total. The van der Waals surface area contributed by atoms with E-state index in [2.05, 4.69) is 0 Å². The SMILES string of the molecule is CN(C[C@@H]1COc2ccccc2O1)C(=O)c1ccc(S(=O)(=O)N(C)C2CCCCC2)cc1. The van der Waals surface area contributed by atoms with E-state index >= 15 is 0 Å². The molecule has 0 bridgehead atoms. The van der Waals surface area contributed by atoms with Crippen LogP contribution in [0.2, 0.25) is 0 Å². The fraction of sp³-hybridized carbons (Fsp3) is 0.458. The van der Waals surface area contributed by atoms with E-state index in [4.69, 9.17) is 9.47 Å². The molecule has 2 aliphatic rings. The van der Waals surface area contributed by atoms with Gasteiger partial charge in [-0.15, -0.1) is 0 Å². The van der Waals surface area contributed by atoms with Crippen molar-refractivity contribution in [1.29, 1.82) is 0 Å². The molecule has 1 fully saturated rings. The molecule has 0 N–H and O–H groups in total. The van der Waals surface area contributed by atoms with Gasteiger partial charge >= 0.3 is 0 Å². The van der Waals surface area contributed by atoms with Crippen LogP contribution >= 0.6 is 0 Å². The molecule has 1 heterocycles. The third-order valence-corrected chi connectivity index (χ3v) is 8.18. The fourth-order valence-corrected chi connectivity index (χ4v) is 5.75. The molecular weight excluding hydrogens is 428 g/mol. The molecule has 0 radical (unpaired) electrons. The number of likely N-dealkylation sites (N-methyl/N-ethyl adjacent to an activating group) is 1. The molecule has 0 unspecified atom stereocenters. The standard InChI is InChI=1S/C24H30N2O5S/c1-25(16-20-17-30-22-10-6-7-11-23(22)31-20)24(27)18-12-14-21(15-13-18)32(28,29)26(2)19-8-4-3-5-9-19/h6-7,10-15,19-20H,3-5,8-9,16-17H2,1-2H3/t20-/m1/s1. The minimum absolute atomic E-state index is 0.0454. The Hall–Kier alpha value is -2.58. The van der Waals surface area contributed by atoms with Crippen molar-refractivity contribution in [3.63, 3.8) is 0 Å². The third-order valence-electron chi connectivity index (χ3n) is 6.26. The Morgan fingerprint density at radius 2 is 1.62 bits per heavy atom. The number of ether oxygens (including phenoxy) is 2. The predicted octanol–water partition coefficient (Wildman–Crippen LogP) is 3.55. The Morgan fingerprint density at radius 3 is 2.31 bits per heavy atom. The molecule has 8 heteroatoms. The quantitative estimate of drug-likeness (QED) is 0.662. The molecule has 0 saturated heterocycles. The molecule has 0 aromatic heterocycles. The molecule has 2 aromatic carbocycles. The third kappa shape index (κ3) is 4.76. The molecule has 4 rings (SSSR count). The van der Waals surface area contributed by atoms with Crippen LogP contribution in [0.4, 0.5) is 0 Å². The van der Waals surface area contributed by atoms with E-state index in [-0.39, 0.29) is 22.9 Å². The van der Waals surface area contributed by atoms with Crippen molar-refractivity contribution in [2.75, 3.05) is 27.2 Å². The van der Waals surface area contributed by atoms with Crippen LogP contribution in [-0.4, -0.2) is 62.9 Å². The lowest BCUT2D eigenvalue weighted by atomic mass is 9.96. The lowest BCUT2D eigenvalue weighted by Gasteiger charge is -2.30. The average molecular weight is 459 g/mol. The summed E-state index contributed by atoms with van der Waals surface area (Å²) in [6.07, 6.45) is 4.81. The molecule has 2 aromatic rings. The summed E-state index contributed by atoms with van der Waals surface area (Å²) in [5.41, 5.74) is 0.434. The Labute approximate surface area is 190 Å². The lowest BCUT2D eigenvalue weighted by Crippen LogP contribution is -2.41. The van der Waals surface area contributed by atoms with Crippen LogP contribution in [0, 0.1) is 0 Å². The number of amides is 1. The summed E-state index contributed by atoms with van der Waals surface area (Å²) in [5, 5.41) is 0. The number of sulfonamides is 1. The Morgan fingerprint density at radius 1 is 0.969 bits per heavy atom. The van der Waals surface area contributed by atoms with Gasteiger partial charge in [-0.1, -0.05) is 31.4 Å². The summed E-state index contributed by atoms with van der Waals surface area (Å²) < 4.78 is 39.2. The number of hydrogen-bond donors (Lipinski definition) is 0. The highest BCUT2D eigenvalue weighted by Crippen LogP contribution is 2.31.